The first-order valence-corrected chi connectivity index (χ1v) is 8.61. The van der Waals surface area contributed by atoms with Gasteiger partial charge in [0, 0.05) is 18.7 Å². The Bertz CT molecular complexity index is 712. The number of carbonyl (C=O) groups is 2. The van der Waals surface area contributed by atoms with Gasteiger partial charge >= 0.3 is 0 Å². The molecule has 1 aliphatic carbocycles. The number of thiazole rings is 1. The summed E-state index contributed by atoms with van der Waals surface area (Å²) in [6, 6.07) is 9.83. The first-order chi connectivity index (χ1) is 11.2. The molecule has 5 nitrogen and oxygen atoms in total. The van der Waals surface area contributed by atoms with Gasteiger partial charge in [-0.15, -0.1) is 0 Å². The second-order valence-corrected chi connectivity index (χ2v) is 6.47. The lowest BCUT2D eigenvalue weighted by Gasteiger charge is -2.21. The largest absolute Gasteiger partial charge is 0.362 e. The highest BCUT2D eigenvalue weighted by molar-refractivity contribution is 7.17. The van der Waals surface area contributed by atoms with Gasteiger partial charge in [0.15, 0.2) is 10.9 Å². The molecule has 6 heteroatoms. The summed E-state index contributed by atoms with van der Waals surface area (Å²) in [5.41, 5.74) is 1.84. The molecule has 0 unspecified atom stereocenters. The van der Waals surface area contributed by atoms with Crippen LogP contribution < -0.4 is 10.2 Å². The van der Waals surface area contributed by atoms with Crippen molar-refractivity contribution in [3.63, 3.8) is 0 Å². The molecule has 1 aromatic carbocycles. The SMILES string of the molecule is CCN(CC(=O)Nc1nc2c(s1)C(=O)CCC2)c1ccccc1. The molecule has 1 aromatic heterocycles. The predicted octanol–water partition coefficient (Wildman–Crippen LogP) is 3.13. The van der Waals surface area contributed by atoms with Crippen LogP contribution in [0.25, 0.3) is 0 Å². The number of benzene rings is 1. The number of fused-ring (bicyclic) bond motifs is 1. The van der Waals surface area contributed by atoms with Crippen LogP contribution in [-0.2, 0) is 11.2 Å². The normalized spacial score (nSPS) is 13.5. The number of anilines is 2. The van der Waals surface area contributed by atoms with Crippen LogP contribution in [0, 0.1) is 0 Å². The van der Waals surface area contributed by atoms with E-state index in [1.54, 1.807) is 0 Å². The van der Waals surface area contributed by atoms with Crippen LogP contribution in [0.3, 0.4) is 0 Å². The summed E-state index contributed by atoms with van der Waals surface area (Å²) < 4.78 is 0. The molecule has 0 bridgehead atoms. The van der Waals surface area contributed by atoms with Gasteiger partial charge in [-0.1, -0.05) is 29.5 Å². The minimum Gasteiger partial charge on any atom is -0.362 e. The van der Waals surface area contributed by atoms with Gasteiger partial charge in [-0.2, -0.15) is 0 Å². The summed E-state index contributed by atoms with van der Waals surface area (Å²) in [5, 5.41) is 3.36. The second-order valence-electron chi connectivity index (χ2n) is 5.47. The Morgan fingerprint density at radius 3 is 2.78 bits per heavy atom. The standard InChI is InChI=1S/C17H19N3O2S/c1-2-20(12-7-4-3-5-8-12)11-15(22)19-17-18-13-9-6-10-14(21)16(13)23-17/h3-5,7-8H,2,6,9-11H2,1H3,(H,18,19,22). The van der Waals surface area contributed by atoms with E-state index in [0.29, 0.717) is 16.4 Å². The molecule has 1 N–H and O–H groups in total. The number of carbonyl (C=O) groups excluding carboxylic acids is 2. The number of hydrogen-bond acceptors (Lipinski definition) is 5. The number of amides is 1. The molecule has 3 rings (SSSR count). The molecule has 1 heterocycles. The summed E-state index contributed by atoms with van der Waals surface area (Å²) in [7, 11) is 0. The number of nitrogens with zero attached hydrogens (tertiary/aromatic N) is 2. The zero-order valence-corrected chi connectivity index (χ0v) is 13.9. The van der Waals surface area contributed by atoms with Gasteiger partial charge < -0.3 is 10.2 Å². The molecule has 0 saturated carbocycles. The molecule has 0 aliphatic heterocycles. The molecular weight excluding hydrogens is 310 g/mol. The van der Waals surface area contributed by atoms with E-state index in [-0.39, 0.29) is 18.2 Å². The van der Waals surface area contributed by atoms with Crippen molar-refractivity contribution < 1.29 is 9.59 Å². The number of ketones is 1. The smallest absolute Gasteiger partial charge is 0.245 e. The molecule has 1 aliphatic rings. The Morgan fingerprint density at radius 1 is 1.30 bits per heavy atom. The molecular formula is C17H19N3O2S. The predicted molar refractivity (Wildman–Crippen MR) is 92.3 cm³/mol. The van der Waals surface area contributed by atoms with E-state index >= 15 is 0 Å². The lowest BCUT2D eigenvalue weighted by Crippen LogP contribution is -2.33. The molecule has 0 atom stereocenters. The molecule has 0 fully saturated rings. The monoisotopic (exact) mass is 329 g/mol. The Balaban J connectivity index is 1.66. The first kappa shape index (κ1) is 15.7. The number of rotatable bonds is 5. The van der Waals surface area contributed by atoms with E-state index in [0.717, 1.165) is 30.8 Å². The van der Waals surface area contributed by atoms with Crippen molar-refractivity contribution in [2.75, 3.05) is 23.3 Å². The fourth-order valence-electron chi connectivity index (χ4n) is 2.68. The minimum atomic E-state index is -0.116. The highest BCUT2D eigenvalue weighted by Crippen LogP contribution is 2.29. The van der Waals surface area contributed by atoms with Crippen molar-refractivity contribution in [1.82, 2.24) is 4.98 Å². The van der Waals surface area contributed by atoms with Crippen molar-refractivity contribution in [1.29, 1.82) is 0 Å². The Labute approximate surface area is 139 Å². The van der Waals surface area contributed by atoms with Crippen LogP contribution in [0.2, 0.25) is 0 Å². The number of nitrogens with one attached hydrogen (secondary N) is 1. The Kier molecular flexibility index (Phi) is 4.71. The summed E-state index contributed by atoms with van der Waals surface area (Å²) in [6.07, 6.45) is 2.25. The highest BCUT2D eigenvalue weighted by Gasteiger charge is 2.23. The zero-order chi connectivity index (χ0) is 16.2. The third-order valence-electron chi connectivity index (χ3n) is 3.85. The fourth-order valence-corrected chi connectivity index (χ4v) is 3.67. The third kappa shape index (κ3) is 3.59. The molecule has 120 valence electrons. The number of Topliss-reactive ketones (excluding diaryl/α,β-unsaturated/α-hetero) is 1. The quantitative estimate of drug-likeness (QED) is 0.915. The van der Waals surface area contributed by atoms with Crippen molar-refractivity contribution in [3.8, 4) is 0 Å². The van der Waals surface area contributed by atoms with Crippen molar-refractivity contribution in [2.24, 2.45) is 0 Å². The lowest BCUT2D eigenvalue weighted by molar-refractivity contribution is -0.115. The number of aryl methyl sites for hydroxylation is 1. The van der Waals surface area contributed by atoms with E-state index in [1.807, 2.05) is 42.2 Å². The molecule has 1 amide bonds. The average molecular weight is 329 g/mol. The first-order valence-electron chi connectivity index (χ1n) is 7.80. The van der Waals surface area contributed by atoms with Gasteiger partial charge in [-0.25, -0.2) is 4.98 Å². The lowest BCUT2D eigenvalue weighted by atomic mass is 10.0. The Morgan fingerprint density at radius 2 is 2.09 bits per heavy atom. The Hall–Kier alpha value is -2.21. The van der Waals surface area contributed by atoms with Gasteiger partial charge in [0.2, 0.25) is 5.91 Å². The van der Waals surface area contributed by atoms with Crippen molar-refractivity contribution in [3.05, 3.63) is 40.9 Å². The molecule has 0 saturated heterocycles. The highest BCUT2D eigenvalue weighted by atomic mass is 32.1. The zero-order valence-electron chi connectivity index (χ0n) is 13.0. The van der Waals surface area contributed by atoms with Crippen LogP contribution in [0.4, 0.5) is 10.8 Å². The van der Waals surface area contributed by atoms with E-state index in [4.69, 9.17) is 0 Å². The van der Waals surface area contributed by atoms with Gasteiger partial charge in [-0.05, 0) is 31.9 Å². The van der Waals surface area contributed by atoms with Crippen LogP contribution >= 0.6 is 11.3 Å². The maximum absolute atomic E-state index is 12.3. The minimum absolute atomic E-state index is 0.116. The summed E-state index contributed by atoms with van der Waals surface area (Å²) in [6.45, 7) is 3.02. The van der Waals surface area contributed by atoms with Crippen LogP contribution in [0.1, 0.15) is 35.1 Å². The molecule has 0 spiro atoms. The molecule has 23 heavy (non-hydrogen) atoms. The number of aromatic nitrogens is 1. The third-order valence-corrected chi connectivity index (χ3v) is 4.91. The summed E-state index contributed by atoms with van der Waals surface area (Å²) >= 11 is 1.29. The van der Waals surface area contributed by atoms with E-state index in [9.17, 15) is 9.59 Å². The average Bonchev–Trinajstić information content (AvgIpc) is 2.97. The van der Waals surface area contributed by atoms with Crippen LogP contribution in [-0.4, -0.2) is 29.8 Å². The summed E-state index contributed by atoms with van der Waals surface area (Å²) in [4.78, 5) is 31.2. The van der Waals surface area contributed by atoms with Crippen molar-refractivity contribution >= 4 is 33.8 Å². The number of para-hydroxylation sites is 1. The van der Waals surface area contributed by atoms with Gasteiger partial charge in [-0.3, -0.25) is 9.59 Å². The topological polar surface area (TPSA) is 62.3 Å². The van der Waals surface area contributed by atoms with Gasteiger partial charge in [0.1, 0.15) is 0 Å². The number of likely N-dealkylation sites (N-methyl/N-ethyl adjacent to an activating group) is 1. The van der Waals surface area contributed by atoms with Crippen LogP contribution in [0.5, 0.6) is 0 Å². The van der Waals surface area contributed by atoms with Crippen molar-refractivity contribution in [2.45, 2.75) is 26.2 Å². The maximum atomic E-state index is 12.3. The van der Waals surface area contributed by atoms with E-state index in [1.165, 1.54) is 11.3 Å². The molecule has 0 radical (unpaired) electrons. The van der Waals surface area contributed by atoms with Gasteiger partial charge in [0.25, 0.3) is 0 Å². The van der Waals surface area contributed by atoms with Gasteiger partial charge in [0.05, 0.1) is 17.1 Å². The van der Waals surface area contributed by atoms with Crippen LogP contribution in [0.15, 0.2) is 30.3 Å². The fraction of sp³-hybridized carbons (Fsp3) is 0.353. The second kappa shape index (κ2) is 6.91. The van der Waals surface area contributed by atoms with E-state index < -0.39 is 0 Å². The number of hydrogen-bond donors (Lipinski definition) is 1. The maximum Gasteiger partial charge on any atom is 0.245 e. The molecule has 2 aromatic rings. The van der Waals surface area contributed by atoms with E-state index in [2.05, 4.69) is 10.3 Å². The summed E-state index contributed by atoms with van der Waals surface area (Å²) in [5.74, 6) is 0.0259.